The van der Waals surface area contributed by atoms with Gasteiger partial charge in [0, 0.05) is 24.3 Å². The van der Waals surface area contributed by atoms with Gasteiger partial charge in [-0.3, -0.25) is 0 Å². The van der Waals surface area contributed by atoms with Crippen LogP contribution in [-0.4, -0.2) is 35.3 Å². The zero-order valence-corrected chi connectivity index (χ0v) is 13.7. The first-order chi connectivity index (χ1) is 11.5. The summed E-state index contributed by atoms with van der Waals surface area (Å²) in [6.07, 6.45) is -1.87. The third-order valence-electron chi connectivity index (χ3n) is 3.91. The lowest BCUT2D eigenvalue weighted by Crippen LogP contribution is -2.40. The third kappa shape index (κ3) is 3.03. The summed E-state index contributed by atoms with van der Waals surface area (Å²) >= 11 is 6.48. The quantitative estimate of drug-likeness (QED) is 0.844. The van der Waals surface area contributed by atoms with Crippen molar-refractivity contribution < 1.29 is 19.1 Å². The second-order valence-corrected chi connectivity index (χ2v) is 5.69. The highest BCUT2D eigenvalue weighted by Gasteiger charge is 2.26. The molecule has 1 aliphatic heterocycles. The van der Waals surface area contributed by atoms with E-state index in [4.69, 9.17) is 22.1 Å². The maximum Gasteiger partial charge on any atom is 0.419 e. The Kier molecular flexibility index (Phi) is 4.35. The minimum atomic E-state index is -1.11. The van der Waals surface area contributed by atoms with Crippen molar-refractivity contribution in [2.75, 3.05) is 13.7 Å². The van der Waals surface area contributed by atoms with Crippen LogP contribution in [0.3, 0.4) is 0 Å². The van der Waals surface area contributed by atoms with Gasteiger partial charge in [-0.05, 0) is 23.8 Å². The number of hydrogen-bond donors (Lipinski definition) is 1. The van der Waals surface area contributed by atoms with Crippen LogP contribution in [-0.2, 0) is 17.8 Å². The largest absolute Gasteiger partial charge is 0.497 e. The van der Waals surface area contributed by atoms with E-state index in [1.54, 1.807) is 7.11 Å². The predicted molar refractivity (Wildman–Crippen MR) is 87.9 cm³/mol. The van der Waals surface area contributed by atoms with E-state index in [1.807, 2.05) is 34.9 Å². The molecule has 2 N–H and O–H groups in total. The molecule has 0 bridgehead atoms. The van der Waals surface area contributed by atoms with E-state index in [0.29, 0.717) is 24.8 Å². The van der Waals surface area contributed by atoms with E-state index in [2.05, 4.69) is 4.74 Å². The summed E-state index contributed by atoms with van der Waals surface area (Å²) in [6, 6.07) is 9.49. The molecule has 1 aromatic heterocycles. The van der Waals surface area contributed by atoms with Crippen LogP contribution < -0.4 is 10.5 Å². The molecule has 0 saturated heterocycles. The number of fused-ring (bicyclic) bond motifs is 1. The van der Waals surface area contributed by atoms with Crippen LogP contribution >= 0.6 is 11.6 Å². The average Bonchev–Trinajstić information content (AvgIpc) is 2.90. The molecule has 126 valence electrons. The summed E-state index contributed by atoms with van der Waals surface area (Å²) in [7, 11) is 1.61. The van der Waals surface area contributed by atoms with Crippen LogP contribution in [0.15, 0.2) is 30.3 Å². The number of halogens is 1. The number of carbonyl (C=O) groups is 2. The molecule has 7 nitrogen and oxygen atoms in total. The van der Waals surface area contributed by atoms with Crippen molar-refractivity contribution >= 4 is 23.8 Å². The van der Waals surface area contributed by atoms with Crippen LogP contribution in [0.5, 0.6) is 5.75 Å². The van der Waals surface area contributed by atoms with Gasteiger partial charge in [0.25, 0.3) is 0 Å². The number of aromatic nitrogens is 1. The lowest BCUT2D eigenvalue weighted by molar-refractivity contribution is 0.113. The molecule has 0 unspecified atom stereocenters. The number of benzene rings is 1. The molecular formula is C16H16ClN3O4. The first-order valence-corrected chi connectivity index (χ1v) is 7.66. The molecule has 2 aromatic rings. The Morgan fingerprint density at radius 3 is 2.54 bits per heavy atom. The Labute approximate surface area is 143 Å². The van der Waals surface area contributed by atoms with Gasteiger partial charge < -0.3 is 24.7 Å². The first kappa shape index (κ1) is 16.2. The third-order valence-corrected chi connectivity index (χ3v) is 4.32. The molecule has 0 fully saturated rings. The molecule has 0 aliphatic carbocycles. The number of rotatable bonds is 2. The van der Waals surface area contributed by atoms with Gasteiger partial charge in [0.05, 0.1) is 13.7 Å². The van der Waals surface area contributed by atoms with Gasteiger partial charge in [-0.15, -0.1) is 0 Å². The minimum absolute atomic E-state index is 0.294. The number of hydrogen-bond acceptors (Lipinski definition) is 4. The molecule has 2 heterocycles. The van der Waals surface area contributed by atoms with Crippen molar-refractivity contribution in [1.82, 2.24) is 9.47 Å². The molecule has 0 atom stereocenters. The van der Waals surface area contributed by atoms with Crippen LogP contribution in [0.1, 0.15) is 5.69 Å². The normalized spacial score (nSPS) is 13.3. The number of methoxy groups -OCH3 is 1. The molecule has 2 amide bonds. The SMILES string of the molecule is COc1ccc(-c2cc3n(c2Cl)CCN(C(=O)OC(N)=O)C3)cc1. The summed E-state index contributed by atoms with van der Waals surface area (Å²) in [6.45, 7) is 1.19. The zero-order valence-electron chi connectivity index (χ0n) is 13.0. The van der Waals surface area contributed by atoms with E-state index in [0.717, 1.165) is 22.6 Å². The molecule has 3 rings (SSSR count). The van der Waals surface area contributed by atoms with Crippen molar-refractivity contribution in [2.24, 2.45) is 5.73 Å². The van der Waals surface area contributed by atoms with E-state index in [9.17, 15) is 9.59 Å². The first-order valence-electron chi connectivity index (χ1n) is 7.28. The Morgan fingerprint density at radius 1 is 1.21 bits per heavy atom. The second kappa shape index (κ2) is 6.45. The van der Waals surface area contributed by atoms with Gasteiger partial charge in [-0.1, -0.05) is 23.7 Å². The second-order valence-electron chi connectivity index (χ2n) is 5.33. The lowest BCUT2D eigenvalue weighted by atomic mass is 10.1. The summed E-state index contributed by atoms with van der Waals surface area (Å²) in [5.41, 5.74) is 7.56. The van der Waals surface area contributed by atoms with Gasteiger partial charge in [0.1, 0.15) is 10.9 Å². The number of carbonyl (C=O) groups excluding carboxylic acids is 2. The fraction of sp³-hybridized carbons (Fsp3) is 0.250. The van der Waals surface area contributed by atoms with Crippen molar-refractivity contribution in [1.29, 1.82) is 0 Å². The van der Waals surface area contributed by atoms with Crippen LogP contribution in [0.2, 0.25) is 5.15 Å². The number of primary amides is 1. The Balaban J connectivity index is 1.85. The van der Waals surface area contributed by atoms with Crippen molar-refractivity contribution in [3.8, 4) is 16.9 Å². The number of nitrogens with zero attached hydrogens (tertiary/aromatic N) is 2. The molecule has 0 spiro atoms. The van der Waals surface area contributed by atoms with Gasteiger partial charge in [0.2, 0.25) is 0 Å². The molecule has 8 heteroatoms. The lowest BCUT2D eigenvalue weighted by Gasteiger charge is -2.27. The predicted octanol–water partition coefficient (Wildman–Crippen LogP) is 2.85. The summed E-state index contributed by atoms with van der Waals surface area (Å²) < 4.78 is 11.5. The topological polar surface area (TPSA) is 86.8 Å². The molecule has 1 aromatic carbocycles. The Hall–Kier alpha value is -2.67. The summed E-state index contributed by atoms with van der Waals surface area (Å²) in [5.74, 6) is 0.763. The monoisotopic (exact) mass is 349 g/mol. The van der Waals surface area contributed by atoms with Crippen molar-refractivity contribution in [2.45, 2.75) is 13.1 Å². The van der Waals surface area contributed by atoms with E-state index >= 15 is 0 Å². The van der Waals surface area contributed by atoms with Gasteiger partial charge in [-0.25, -0.2) is 9.59 Å². The Bertz CT molecular complexity index is 785. The van der Waals surface area contributed by atoms with Crippen LogP contribution in [0, 0.1) is 0 Å². The highest BCUT2D eigenvalue weighted by molar-refractivity contribution is 6.32. The fourth-order valence-corrected chi connectivity index (χ4v) is 3.08. The van der Waals surface area contributed by atoms with Gasteiger partial charge in [-0.2, -0.15) is 0 Å². The number of nitrogens with two attached hydrogens (primary N) is 1. The highest BCUT2D eigenvalue weighted by atomic mass is 35.5. The van der Waals surface area contributed by atoms with Gasteiger partial charge >= 0.3 is 12.2 Å². The van der Waals surface area contributed by atoms with E-state index in [1.165, 1.54) is 4.90 Å². The Morgan fingerprint density at radius 2 is 1.92 bits per heavy atom. The minimum Gasteiger partial charge on any atom is -0.497 e. The summed E-state index contributed by atoms with van der Waals surface area (Å²) in [4.78, 5) is 23.9. The van der Waals surface area contributed by atoms with Crippen molar-refractivity contribution in [3.63, 3.8) is 0 Å². The smallest absolute Gasteiger partial charge is 0.419 e. The zero-order chi connectivity index (χ0) is 17.3. The van der Waals surface area contributed by atoms with E-state index in [-0.39, 0.29) is 0 Å². The molecule has 24 heavy (non-hydrogen) atoms. The van der Waals surface area contributed by atoms with Crippen LogP contribution in [0.25, 0.3) is 11.1 Å². The van der Waals surface area contributed by atoms with Gasteiger partial charge in [0.15, 0.2) is 0 Å². The van der Waals surface area contributed by atoms with E-state index < -0.39 is 12.2 Å². The van der Waals surface area contributed by atoms with Crippen molar-refractivity contribution in [3.05, 3.63) is 41.2 Å². The number of amides is 2. The molecule has 0 saturated carbocycles. The molecule has 1 aliphatic rings. The molecule has 0 radical (unpaired) electrons. The fourth-order valence-electron chi connectivity index (χ4n) is 2.72. The average molecular weight is 350 g/mol. The molecular weight excluding hydrogens is 334 g/mol. The highest BCUT2D eigenvalue weighted by Crippen LogP contribution is 2.34. The number of ether oxygens (including phenoxy) is 2. The standard InChI is InChI=1S/C16H16ClN3O4/c1-23-12-4-2-10(3-5-12)13-8-11-9-19(16(22)24-15(18)21)6-7-20(11)14(13)17/h2-5,8H,6-7,9H2,1H3,(H2,18,21). The van der Waals surface area contributed by atoms with Crippen LogP contribution in [0.4, 0.5) is 9.59 Å². The summed E-state index contributed by atoms with van der Waals surface area (Å²) in [5, 5.41) is 0.609. The maximum absolute atomic E-state index is 11.8. The maximum atomic E-state index is 11.8.